The molecule has 1 aromatic rings. The van der Waals surface area contributed by atoms with Crippen LogP contribution < -0.4 is 5.32 Å². The third-order valence-electron chi connectivity index (χ3n) is 3.43. The van der Waals surface area contributed by atoms with Gasteiger partial charge in [0.15, 0.2) is 5.17 Å². The molecule has 112 valence electrons. The van der Waals surface area contributed by atoms with Crippen LogP contribution in [0.5, 0.6) is 0 Å². The van der Waals surface area contributed by atoms with Crippen molar-refractivity contribution in [3.05, 3.63) is 46.7 Å². The summed E-state index contributed by atoms with van der Waals surface area (Å²) in [7, 11) is 0. The number of thioether (sulfide) groups is 1. The van der Waals surface area contributed by atoms with Gasteiger partial charge < -0.3 is 10.4 Å². The molecule has 1 aliphatic rings. The number of aryl methyl sites for hydroxylation is 1. The molecular weight excluding hydrogens is 284 g/mol. The van der Waals surface area contributed by atoms with E-state index in [9.17, 15) is 9.90 Å². The van der Waals surface area contributed by atoms with E-state index in [0.29, 0.717) is 11.3 Å². The molecule has 0 aromatic heterocycles. The zero-order valence-electron chi connectivity index (χ0n) is 12.5. The van der Waals surface area contributed by atoms with Gasteiger partial charge in [0.1, 0.15) is 6.04 Å². The Morgan fingerprint density at radius 1 is 1.33 bits per heavy atom. The Labute approximate surface area is 129 Å². The van der Waals surface area contributed by atoms with Gasteiger partial charge in [0.2, 0.25) is 0 Å². The third kappa shape index (κ3) is 3.47. The van der Waals surface area contributed by atoms with Crippen LogP contribution in [0, 0.1) is 0 Å². The Morgan fingerprint density at radius 3 is 2.52 bits per heavy atom. The maximum absolute atomic E-state index is 11.6. The Bertz CT molecular complexity index is 591. The van der Waals surface area contributed by atoms with Gasteiger partial charge in [-0.05, 0) is 30.2 Å². The predicted octanol–water partition coefficient (Wildman–Crippen LogP) is 3.36. The molecule has 1 atom stereocenters. The van der Waals surface area contributed by atoms with Crippen LogP contribution in [0.2, 0.25) is 0 Å². The Morgan fingerprint density at radius 2 is 2.00 bits per heavy atom. The second kappa shape index (κ2) is 6.80. The highest BCUT2D eigenvalue weighted by atomic mass is 32.2. The van der Waals surface area contributed by atoms with Gasteiger partial charge in [-0.1, -0.05) is 49.9 Å². The molecular formula is C16H20N2O2S. The lowest BCUT2D eigenvalue weighted by atomic mass is 9.95. The van der Waals surface area contributed by atoms with E-state index in [1.165, 1.54) is 5.56 Å². The van der Waals surface area contributed by atoms with Crippen molar-refractivity contribution in [1.82, 2.24) is 5.32 Å². The topological polar surface area (TPSA) is 61.7 Å². The summed E-state index contributed by atoms with van der Waals surface area (Å²) in [4.78, 5) is 16.1. The molecule has 0 amide bonds. The quantitative estimate of drug-likeness (QED) is 0.895. The molecule has 1 aliphatic heterocycles. The van der Waals surface area contributed by atoms with Gasteiger partial charge in [-0.25, -0.2) is 9.79 Å². The number of rotatable bonds is 4. The average Bonchev–Trinajstić information content (AvgIpc) is 2.46. The normalized spacial score (nSPS) is 18.2. The summed E-state index contributed by atoms with van der Waals surface area (Å²) in [5.41, 5.74) is 3.13. The van der Waals surface area contributed by atoms with Gasteiger partial charge in [-0.15, -0.1) is 0 Å². The molecule has 0 spiro atoms. The molecule has 2 N–H and O–H groups in total. The summed E-state index contributed by atoms with van der Waals surface area (Å²) in [5.74, 6) is -0.0305. The summed E-state index contributed by atoms with van der Waals surface area (Å²) in [6, 6.07) is 7.58. The van der Waals surface area contributed by atoms with E-state index < -0.39 is 12.0 Å². The van der Waals surface area contributed by atoms with Crippen LogP contribution in [0.25, 0.3) is 0 Å². The fraction of sp³-hybridized carbons (Fsp3) is 0.375. The third-order valence-corrected chi connectivity index (χ3v) is 4.20. The Kier molecular flexibility index (Phi) is 5.07. The number of carboxylic acid groups (broad SMARTS) is 1. The number of amidine groups is 1. The first-order valence-electron chi connectivity index (χ1n) is 7.07. The zero-order valence-corrected chi connectivity index (χ0v) is 13.3. The van der Waals surface area contributed by atoms with E-state index in [4.69, 9.17) is 0 Å². The molecule has 0 fully saturated rings. The van der Waals surface area contributed by atoms with Crippen LogP contribution in [0.15, 0.2) is 40.5 Å². The summed E-state index contributed by atoms with van der Waals surface area (Å²) in [5, 5.41) is 13.3. The van der Waals surface area contributed by atoms with Crippen molar-refractivity contribution in [2.45, 2.75) is 33.2 Å². The van der Waals surface area contributed by atoms with Gasteiger partial charge in [-0.2, -0.15) is 0 Å². The predicted molar refractivity (Wildman–Crippen MR) is 87.6 cm³/mol. The Hall–Kier alpha value is -1.75. The molecule has 21 heavy (non-hydrogen) atoms. The number of hydrogen-bond acceptors (Lipinski definition) is 4. The standard InChI is InChI=1S/C16H20N2O2S/c1-4-11-6-8-12(9-7-11)14-13(15(19)20)10(3)17-16(18-14)21-5-2/h6-9,14H,4-5H2,1-3H3,(H,17,18)(H,19,20). The summed E-state index contributed by atoms with van der Waals surface area (Å²) in [6.45, 7) is 5.94. The first-order chi connectivity index (χ1) is 10.1. The van der Waals surface area contributed by atoms with Crippen LogP contribution in [0.3, 0.4) is 0 Å². The van der Waals surface area contributed by atoms with Gasteiger partial charge in [0, 0.05) is 5.70 Å². The second-order valence-electron chi connectivity index (χ2n) is 4.83. The van der Waals surface area contributed by atoms with E-state index in [1.54, 1.807) is 18.7 Å². The minimum Gasteiger partial charge on any atom is -0.478 e. The molecule has 5 heteroatoms. The lowest BCUT2D eigenvalue weighted by molar-refractivity contribution is -0.133. The van der Waals surface area contributed by atoms with E-state index in [1.807, 2.05) is 31.2 Å². The number of aliphatic carboxylic acids is 1. The number of carbonyl (C=O) groups is 1. The van der Waals surface area contributed by atoms with Crippen LogP contribution in [-0.4, -0.2) is 22.0 Å². The van der Waals surface area contributed by atoms with E-state index >= 15 is 0 Å². The first kappa shape index (κ1) is 15.6. The molecule has 0 bridgehead atoms. The molecule has 0 radical (unpaired) electrons. The van der Waals surface area contributed by atoms with E-state index in [-0.39, 0.29) is 0 Å². The van der Waals surface area contributed by atoms with Gasteiger partial charge in [0.25, 0.3) is 0 Å². The molecule has 0 aliphatic carbocycles. The van der Waals surface area contributed by atoms with Crippen molar-refractivity contribution in [2.75, 3.05) is 5.75 Å². The van der Waals surface area contributed by atoms with E-state index in [2.05, 4.69) is 17.2 Å². The van der Waals surface area contributed by atoms with Gasteiger partial charge in [-0.3, -0.25) is 0 Å². The van der Waals surface area contributed by atoms with Crippen molar-refractivity contribution in [3.8, 4) is 0 Å². The fourth-order valence-corrected chi connectivity index (χ4v) is 2.99. The van der Waals surface area contributed by atoms with Crippen LogP contribution in [0.1, 0.15) is 37.9 Å². The number of carboxylic acids is 1. The molecule has 4 nitrogen and oxygen atoms in total. The van der Waals surface area contributed by atoms with E-state index in [0.717, 1.165) is 22.9 Å². The fourth-order valence-electron chi connectivity index (χ4n) is 2.31. The maximum atomic E-state index is 11.6. The minimum atomic E-state index is -0.922. The molecule has 2 rings (SSSR count). The SMILES string of the molecule is CCSC1=NC(c2ccc(CC)cc2)C(C(=O)O)=C(C)N1. The smallest absolute Gasteiger partial charge is 0.335 e. The zero-order chi connectivity index (χ0) is 15.4. The van der Waals surface area contributed by atoms with Gasteiger partial charge >= 0.3 is 5.97 Å². The number of nitrogens with zero attached hydrogens (tertiary/aromatic N) is 1. The monoisotopic (exact) mass is 304 g/mol. The van der Waals surface area contributed by atoms with Crippen molar-refractivity contribution >= 4 is 22.9 Å². The summed E-state index contributed by atoms with van der Waals surface area (Å²) in [6.07, 6.45) is 0.966. The second-order valence-corrected chi connectivity index (χ2v) is 6.09. The van der Waals surface area contributed by atoms with Gasteiger partial charge in [0.05, 0.1) is 5.57 Å². The lowest BCUT2D eigenvalue weighted by Gasteiger charge is -2.24. The van der Waals surface area contributed by atoms with Crippen LogP contribution in [-0.2, 0) is 11.2 Å². The van der Waals surface area contributed by atoms with Crippen LogP contribution >= 0.6 is 11.8 Å². The molecule has 0 saturated carbocycles. The summed E-state index contributed by atoms with van der Waals surface area (Å²) < 4.78 is 0. The van der Waals surface area contributed by atoms with Crippen molar-refractivity contribution in [1.29, 1.82) is 0 Å². The average molecular weight is 304 g/mol. The minimum absolute atomic E-state index is 0.319. The highest BCUT2D eigenvalue weighted by Gasteiger charge is 2.28. The number of nitrogens with one attached hydrogen (secondary N) is 1. The first-order valence-corrected chi connectivity index (χ1v) is 8.05. The Balaban J connectivity index is 2.42. The molecule has 1 unspecified atom stereocenters. The molecule has 0 saturated heterocycles. The highest BCUT2D eigenvalue weighted by Crippen LogP contribution is 2.32. The van der Waals surface area contributed by atoms with Crippen molar-refractivity contribution in [3.63, 3.8) is 0 Å². The molecule has 1 aromatic carbocycles. The van der Waals surface area contributed by atoms with Crippen molar-refractivity contribution in [2.24, 2.45) is 4.99 Å². The summed E-state index contributed by atoms with van der Waals surface area (Å²) >= 11 is 1.59. The highest BCUT2D eigenvalue weighted by molar-refractivity contribution is 8.13. The number of aliphatic imine (C=N–C) groups is 1. The number of benzene rings is 1. The number of allylic oxidation sites excluding steroid dienone is 1. The lowest BCUT2D eigenvalue weighted by Crippen LogP contribution is -2.29. The van der Waals surface area contributed by atoms with Crippen molar-refractivity contribution < 1.29 is 9.90 Å². The number of hydrogen-bond donors (Lipinski definition) is 2. The maximum Gasteiger partial charge on any atom is 0.335 e. The largest absolute Gasteiger partial charge is 0.478 e. The van der Waals surface area contributed by atoms with Crippen LogP contribution in [0.4, 0.5) is 0 Å². The molecule has 1 heterocycles.